The van der Waals surface area contributed by atoms with E-state index in [4.69, 9.17) is 10.6 Å². The number of aromatic nitrogens is 2. The monoisotopic (exact) mass is 396 g/mol. The Kier molecular flexibility index (Phi) is 4.28. The minimum absolute atomic E-state index is 0.249. The van der Waals surface area contributed by atoms with Crippen LogP contribution in [-0.4, -0.2) is 9.97 Å². The van der Waals surface area contributed by atoms with E-state index < -0.39 is 11.9 Å². The van der Waals surface area contributed by atoms with Crippen LogP contribution in [0.4, 0.5) is 19.1 Å². The minimum Gasteiger partial charge on any atom is -0.439 e. The number of hydrogen-bond donors (Lipinski definition) is 2. The van der Waals surface area contributed by atoms with Gasteiger partial charge in [-0.2, -0.15) is 18.2 Å². The van der Waals surface area contributed by atoms with Crippen LogP contribution >= 0.6 is 22.6 Å². The Balaban J connectivity index is 2.33. The Hall–Kier alpha value is -1.62. The van der Waals surface area contributed by atoms with E-state index in [-0.39, 0.29) is 11.8 Å². The zero-order valence-corrected chi connectivity index (χ0v) is 11.9. The minimum atomic E-state index is -4.61. The number of anilines is 1. The predicted octanol–water partition coefficient (Wildman–Crippen LogP) is 3.18. The standard InChI is InChI=1S/C11H8F3IN4O/c12-11(13,14)8-5-9(18-10(17-8)19-16)20-7-3-1-6(15)2-4-7/h1-5H,16H2,(H,17,18,19). The summed E-state index contributed by atoms with van der Waals surface area (Å²) in [4.78, 5) is 6.94. The van der Waals surface area contributed by atoms with Crippen molar-refractivity contribution in [1.82, 2.24) is 9.97 Å². The van der Waals surface area contributed by atoms with E-state index in [9.17, 15) is 13.2 Å². The number of rotatable bonds is 3. The maximum atomic E-state index is 12.7. The van der Waals surface area contributed by atoms with Crippen LogP contribution < -0.4 is 16.0 Å². The molecule has 0 atom stereocenters. The second-order valence-corrected chi connectivity index (χ2v) is 4.86. The molecule has 0 unspecified atom stereocenters. The molecule has 1 aromatic carbocycles. The van der Waals surface area contributed by atoms with Crippen molar-refractivity contribution in [1.29, 1.82) is 0 Å². The molecule has 0 saturated heterocycles. The van der Waals surface area contributed by atoms with Crippen LogP contribution in [0.3, 0.4) is 0 Å². The van der Waals surface area contributed by atoms with E-state index in [2.05, 4.69) is 32.6 Å². The molecule has 0 fully saturated rings. The Morgan fingerprint density at radius 3 is 2.35 bits per heavy atom. The van der Waals surface area contributed by atoms with Crippen molar-refractivity contribution in [3.05, 3.63) is 39.6 Å². The third-order valence-electron chi connectivity index (χ3n) is 2.16. The largest absolute Gasteiger partial charge is 0.439 e. The van der Waals surface area contributed by atoms with Crippen LogP contribution in [0.5, 0.6) is 11.6 Å². The van der Waals surface area contributed by atoms with Gasteiger partial charge in [-0.15, -0.1) is 0 Å². The number of nitrogens with zero attached hydrogens (tertiary/aromatic N) is 2. The third-order valence-corrected chi connectivity index (χ3v) is 2.88. The van der Waals surface area contributed by atoms with Crippen LogP contribution in [0, 0.1) is 3.57 Å². The lowest BCUT2D eigenvalue weighted by Crippen LogP contribution is -2.15. The molecule has 0 aliphatic heterocycles. The molecule has 2 rings (SSSR count). The average Bonchev–Trinajstić information content (AvgIpc) is 2.40. The van der Waals surface area contributed by atoms with Gasteiger partial charge in [0.25, 0.3) is 0 Å². The summed E-state index contributed by atoms with van der Waals surface area (Å²) < 4.78 is 44.2. The summed E-state index contributed by atoms with van der Waals surface area (Å²) in [7, 11) is 0. The van der Waals surface area contributed by atoms with E-state index in [1.807, 2.05) is 5.43 Å². The molecule has 3 N–H and O–H groups in total. The normalized spacial score (nSPS) is 11.2. The van der Waals surface area contributed by atoms with Crippen molar-refractivity contribution < 1.29 is 17.9 Å². The van der Waals surface area contributed by atoms with Crippen molar-refractivity contribution in [2.24, 2.45) is 5.84 Å². The van der Waals surface area contributed by atoms with E-state index in [1.54, 1.807) is 24.3 Å². The first-order valence-corrected chi connectivity index (χ1v) is 6.32. The Labute approximate surface area is 125 Å². The molecule has 20 heavy (non-hydrogen) atoms. The van der Waals surface area contributed by atoms with Gasteiger partial charge in [0.05, 0.1) is 0 Å². The van der Waals surface area contributed by atoms with Crippen LogP contribution in [0.2, 0.25) is 0 Å². The highest BCUT2D eigenvalue weighted by molar-refractivity contribution is 14.1. The first kappa shape index (κ1) is 14.8. The lowest BCUT2D eigenvalue weighted by atomic mass is 10.3. The summed E-state index contributed by atoms with van der Waals surface area (Å²) in [5, 5.41) is 0. The van der Waals surface area contributed by atoms with Crippen LogP contribution in [-0.2, 0) is 6.18 Å². The molecule has 0 radical (unpaired) electrons. The highest BCUT2D eigenvalue weighted by Crippen LogP contribution is 2.31. The summed E-state index contributed by atoms with van der Waals surface area (Å²) in [6, 6.07) is 7.45. The molecule has 0 aliphatic rings. The number of hydrazine groups is 1. The van der Waals surface area contributed by atoms with Gasteiger partial charge in [-0.1, -0.05) is 0 Å². The zero-order chi connectivity index (χ0) is 14.8. The van der Waals surface area contributed by atoms with Gasteiger partial charge < -0.3 is 4.74 Å². The van der Waals surface area contributed by atoms with Crippen molar-refractivity contribution in [2.75, 3.05) is 5.43 Å². The molecule has 0 bridgehead atoms. The molecule has 9 heteroatoms. The Bertz CT molecular complexity index is 604. The number of alkyl halides is 3. The van der Waals surface area contributed by atoms with Gasteiger partial charge in [0.2, 0.25) is 11.8 Å². The average molecular weight is 396 g/mol. The SMILES string of the molecule is NNc1nc(Oc2ccc(I)cc2)cc(C(F)(F)F)n1. The number of nitrogen functional groups attached to an aromatic ring is 1. The number of benzene rings is 1. The van der Waals surface area contributed by atoms with Gasteiger partial charge in [0, 0.05) is 9.64 Å². The first-order chi connectivity index (χ1) is 9.38. The molecule has 106 valence electrons. The number of hydrogen-bond acceptors (Lipinski definition) is 5. The summed E-state index contributed by atoms with van der Waals surface area (Å²) in [5.74, 6) is 4.78. The molecular formula is C11H8F3IN4O. The number of halogens is 4. The van der Waals surface area contributed by atoms with Gasteiger partial charge in [0.1, 0.15) is 5.75 Å². The highest BCUT2D eigenvalue weighted by Gasteiger charge is 2.34. The van der Waals surface area contributed by atoms with Crippen LogP contribution in [0.1, 0.15) is 5.69 Å². The third kappa shape index (κ3) is 3.70. The fourth-order valence-corrected chi connectivity index (χ4v) is 1.67. The molecular weight excluding hydrogens is 388 g/mol. The predicted molar refractivity (Wildman–Crippen MR) is 74.1 cm³/mol. The van der Waals surface area contributed by atoms with E-state index in [0.717, 1.165) is 3.57 Å². The molecule has 2 aromatic rings. The van der Waals surface area contributed by atoms with E-state index in [1.165, 1.54) is 0 Å². The highest BCUT2D eigenvalue weighted by atomic mass is 127. The van der Waals surface area contributed by atoms with E-state index in [0.29, 0.717) is 11.8 Å². The Morgan fingerprint density at radius 2 is 1.80 bits per heavy atom. The second-order valence-electron chi connectivity index (χ2n) is 3.61. The van der Waals surface area contributed by atoms with Crippen molar-refractivity contribution in [2.45, 2.75) is 6.18 Å². The topological polar surface area (TPSA) is 73.1 Å². The van der Waals surface area contributed by atoms with Crippen molar-refractivity contribution >= 4 is 28.5 Å². The van der Waals surface area contributed by atoms with Crippen molar-refractivity contribution in [3.8, 4) is 11.6 Å². The molecule has 0 spiro atoms. The van der Waals surface area contributed by atoms with Gasteiger partial charge >= 0.3 is 6.18 Å². The van der Waals surface area contributed by atoms with E-state index >= 15 is 0 Å². The van der Waals surface area contributed by atoms with Crippen LogP contribution in [0.25, 0.3) is 0 Å². The molecule has 1 heterocycles. The quantitative estimate of drug-likeness (QED) is 0.474. The van der Waals surface area contributed by atoms with Crippen molar-refractivity contribution in [3.63, 3.8) is 0 Å². The van der Waals surface area contributed by atoms with Gasteiger partial charge in [-0.05, 0) is 46.9 Å². The van der Waals surface area contributed by atoms with Crippen LogP contribution in [0.15, 0.2) is 30.3 Å². The second kappa shape index (κ2) is 5.79. The van der Waals surface area contributed by atoms with Gasteiger partial charge in [-0.25, -0.2) is 10.8 Å². The number of nitrogens with two attached hydrogens (primary N) is 1. The Morgan fingerprint density at radius 1 is 1.15 bits per heavy atom. The molecule has 0 aliphatic carbocycles. The number of nitrogens with one attached hydrogen (secondary N) is 1. The zero-order valence-electron chi connectivity index (χ0n) is 9.78. The maximum Gasteiger partial charge on any atom is 0.433 e. The fourth-order valence-electron chi connectivity index (χ4n) is 1.31. The molecule has 1 aromatic heterocycles. The molecule has 5 nitrogen and oxygen atoms in total. The fraction of sp³-hybridized carbons (Fsp3) is 0.0909. The van der Waals surface area contributed by atoms with Gasteiger partial charge in [0.15, 0.2) is 5.69 Å². The maximum absolute atomic E-state index is 12.7. The lowest BCUT2D eigenvalue weighted by Gasteiger charge is -2.10. The van der Waals surface area contributed by atoms with Gasteiger partial charge in [-0.3, -0.25) is 5.43 Å². The smallest absolute Gasteiger partial charge is 0.433 e. The summed E-state index contributed by atoms with van der Waals surface area (Å²) >= 11 is 2.10. The molecule has 0 saturated carbocycles. The lowest BCUT2D eigenvalue weighted by molar-refractivity contribution is -0.141. The summed E-state index contributed by atoms with van der Waals surface area (Å²) in [6.07, 6.45) is -4.61. The summed E-state index contributed by atoms with van der Waals surface area (Å²) in [6.45, 7) is 0. The summed E-state index contributed by atoms with van der Waals surface area (Å²) in [5.41, 5.74) is 0.833. The first-order valence-electron chi connectivity index (χ1n) is 5.25. The molecule has 0 amide bonds. The number of ether oxygens (including phenoxy) is 1.